The van der Waals surface area contributed by atoms with Crippen LogP contribution in [-0.4, -0.2) is 61.7 Å². The molecule has 1 N–H and O–H groups in total. The fourth-order valence-electron chi connectivity index (χ4n) is 2.13. The Hall–Kier alpha value is -0.630. The molecule has 0 saturated heterocycles. The van der Waals surface area contributed by atoms with E-state index < -0.39 is 5.54 Å². The van der Waals surface area contributed by atoms with Crippen LogP contribution in [0.2, 0.25) is 0 Å². The molecule has 1 atom stereocenters. The Morgan fingerprint density at radius 3 is 2.22 bits per heavy atom. The van der Waals surface area contributed by atoms with Crippen molar-refractivity contribution in [3.8, 4) is 6.07 Å². The van der Waals surface area contributed by atoms with Crippen molar-refractivity contribution in [2.24, 2.45) is 0 Å². The molecule has 0 rings (SSSR count). The number of nitrogens with zero attached hydrogens (tertiary/aromatic N) is 3. The van der Waals surface area contributed by atoms with Gasteiger partial charge >= 0.3 is 0 Å². The summed E-state index contributed by atoms with van der Waals surface area (Å²) in [6.07, 6.45) is 1.12. The van der Waals surface area contributed by atoms with Crippen LogP contribution in [0.4, 0.5) is 0 Å². The number of nitrogens with one attached hydrogen (secondary N) is 1. The molecule has 0 aromatic rings. The van der Waals surface area contributed by atoms with E-state index in [1.165, 1.54) is 0 Å². The van der Waals surface area contributed by atoms with E-state index in [0.717, 1.165) is 32.6 Å². The summed E-state index contributed by atoms with van der Waals surface area (Å²) >= 11 is 0. The molecule has 0 spiro atoms. The third-order valence-corrected chi connectivity index (χ3v) is 2.80. The summed E-state index contributed by atoms with van der Waals surface area (Å²) in [5.74, 6) is 0. The van der Waals surface area contributed by atoms with Gasteiger partial charge in [0.1, 0.15) is 5.54 Å². The van der Waals surface area contributed by atoms with E-state index in [1.807, 2.05) is 6.92 Å². The average Bonchev–Trinajstić information content (AvgIpc) is 2.25. The van der Waals surface area contributed by atoms with E-state index in [2.05, 4.69) is 56.1 Å². The lowest BCUT2D eigenvalue weighted by molar-refractivity contribution is 0.195. The molecule has 0 aliphatic rings. The van der Waals surface area contributed by atoms with Crippen LogP contribution in [0.1, 0.15) is 34.1 Å². The lowest BCUT2D eigenvalue weighted by Gasteiger charge is -2.33. The molecular weight excluding hydrogens is 224 g/mol. The van der Waals surface area contributed by atoms with Gasteiger partial charge in [0.05, 0.1) is 6.07 Å². The molecule has 0 aromatic carbocycles. The highest BCUT2D eigenvalue weighted by Gasteiger charge is 2.27. The van der Waals surface area contributed by atoms with Crippen LogP contribution < -0.4 is 5.32 Å². The zero-order valence-corrected chi connectivity index (χ0v) is 13.0. The van der Waals surface area contributed by atoms with Crippen molar-refractivity contribution >= 4 is 0 Å². The molecule has 0 saturated carbocycles. The normalized spacial score (nSPS) is 15.1. The number of nitriles is 1. The van der Waals surface area contributed by atoms with Crippen LogP contribution >= 0.6 is 0 Å². The van der Waals surface area contributed by atoms with Crippen molar-refractivity contribution in [1.29, 1.82) is 5.26 Å². The molecule has 0 aliphatic carbocycles. The summed E-state index contributed by atoms with van der Waals surface area (Å²) in [5.41, 5.74) is -0.463. The van der Waals surface area contributed by atoms with Crippen molar-refractivity contribution in [1.82, 2.24) is 15.1 Å². The summed E-state index contributed by atoms with van der Waals surface area (Å²) in [5, 5.41) is 12.7. The molecule has 0 aromatic heterocycles. The number of likely N-dealkylation sites (N-methyl/N-ethyl adjacent to an activating group) is 1. The Kier molecular flexibility index (Phi) is 8.17. The molecule has 0 radical (unpaired) electrons. The van der Waals surface area contributed by atoms with Gasteiger partial charge in [-0.25, -0.2) is 0 Å². The lowest BCUT2D eigenvalue weighted by Crippen LogP contribution is -2.53. The molecule has 4 heteroatoms. The average molecular weight is 254 g/mol. The molecule has 18 heavy (non-hydrogen) atoms. The minimum Gasteiger partial charge on any atom is -0.308 e. The molecule has 0 fully saturated rings. The maximum Gasteiger partial charge on any atom is 0.116 e. The standard InChI is InChI=1S/C14H30N4/c1-7-8-18(10-9-17(5)6)12-14(4,11-15)16-13(2)3/h13,16H,7-10,12H2,1-6H3. The highest BCUT2D eigenvalue weighted by atomic mass is 15.2. The second kappa shape index (κ2) is 8.47. The van der Waals surface area contributed by atoms with Crippen LogP contribution in [-0.2, 0) is 0 Å². The van der Waals surface area contributed by atoms with E-state index in [-0.39, 0.29) is 0 Å². The van der Waals surface area contributed by atoms with Crippen LogP contribution in [0.5, 0.6) is 0 Å². The third kappa shape index (κ3) is 7.65. The summed E-state index contributed by atoms with van der Waals surface area (Å²) in [4.78, 5) is 4.56. The van der Waals surface area contributed by atoms with Gasteiger partial charge in [-0.2, -0.15) is 5.26 Å². The van der Waals surface area contributed by atoms with Crippen molar-refractivity contribution in [2.75, 3.05) is 40.3 Å². The summed E-state index contributed by atoms with van der Waals surface area (Å²) < 4.78 is 0. The van der Waals surface area contributed by atoms with E-state index in [4.69, 9.17) is 0 Å². The Bertz CT molecular complexity index is 257. The molecule has 0 bridgehead atoms. The predicted molar refractivity (Wildman–Crippen MR) is 77.6 cm³/mol. The van der Waals surface area contributed by atoms with Gasteiger partial charge in [-0.15, -0.1) is 0 Å². The van der Waals surface area contributed by atoms with E-state index in [0.29, 0.717) is 6.04 Å². The SMILES string of the molecule is CCCN(CCN(C)C)CC(C)(C#N)NC(C)C. The first-order chi connectivity index (χ1) is 8.33. The maximum absolute atomic E-state index is 9.38. The molecule has 4 nitrogen and oxygen atoms in total. The smallest absolute Gasteiger partial charge is 0.116 e. The lowest BCUT2D eigenvalue weighted by atomic mass is 10.0. The van der Waals surface area contributed by atoms with E-state index in [1.54, 1.807) is 0 Å². The number of hydrogen-bond acceptors (Lipinski definition) is 4. The fourth-order valence-corrected chi connectivity index (χ4v) is 2.13. The fraction of sp³-hybridized carbons (Fsp3) is 0.929. The van der Waals surface area contributed by atoms with Gasteiger partial charge in [-0.3, -0.25) is 10.2 Å². The van der Waals surface area contributed by atoms with Crippen LogP contribution in [0.3, 0.4) is 0 Å². The predicted octanol–water partition coefficient (Wildman–Crippen LogP) is 1.54. The maximum atomic E-state index is 9.38. The monoisotopic (exact) mass is 254 g/mol. The summed E-state index contributed by atoms with van der Waals surface area (Å²) in [6.45, 7) is 12.2. The Labute approximate surface area is 113 Å². The second-order valence-corrected chi connectivity index (χ2v) is 5.82. The molecule has 0 aliphatic heterocycles. The Balaban J connectivity index is 4.47. The summed E-state index contributed by atoms with van der Waals surface area (Å²) in [6, 6.07) is 2.75. The number of hydrogen-bond donors (Lipinski definition) is 1. The van der Waals surface area contributed by atoms with Gasteiger partial charge in [-0.1, -0.05) is 6.92 Å². The Morgan fingerprint density at radius 1 is 1.22 bits per heavy atom. The van der Waals surface area contributed by atoms with Crippen LogP contribution in [0.15, 0.2) is 0 Å². The van der Waals surface area contributed by atoms with Crippen molar-refractivity contribution in [3.05, 3.63) is 0 Å². The van der Waals surface area contributed by atoms with Gasteiger partial charge in [0.25, 0.3) is 0 Å². The first-order valence-electron chi connectivity index (χ1n) is 6.89. The van der Waals surface area contributed by atoms with E-state index >= 15 is 0 Å². The van der Waals surface area contributed by atoms with Gasteiger partial charge in [-0.05, 0) is 47.8 Å². The zero-order valence-electron chi connectivity index (χ0n) is 13.0. The van der Waals surface area contributed by atoms with E-state index in [9.17, 15) is 5.26 Å². The van der Waals surface area contributed by atoms with Crippen LogP contribution in [0, 0.1) is 11.3 Å². The van der Waals surface area contributed by atoms with Gasteiger partial charge in [0, 0.05) is 25.7 Å². The quantitative estimate of drug-likeness (QED) is 0.678. The van der Waals surface area contributed by atoms with Gasteiger partial charge in [0.2, 0.25) is 0 Å². The summed E-state index contributed by atoms with van der Waals surface area (Å²) in [7, 11) is 4.17. The Morgan fingerprint density at radius 2 is 1.83 bits per heavy atom. The molecular formula is C14H30N4. The second-order valence-electron chi connectivity index (χ2n) is 5.82. The topological polar surface area (TPSA) is 42.3 Å². The van der Waals surface area contributed by atoms with Gasteiger partial charge < -0.3 is 4.90 Å². The molecule has 106 valence electrons. The number of rotatable bonds is 9. The largest absolute Gasteiger partial charge is 0.308 e. The zero-order chi connectivity index (χ0) is 14.2. The first kappa shape index (κ1) is 17.4. The first-order valence-corrected chi connectivity index (χ1v) is 6.89. The molecule has 0 amide bonds. The van der Waals surface area contributed by atoms with Crippen molar-refractivity contribution in [3.63, 3.8) is 0 Å². The van der Waals surface area contributed by atoms with Crippen molar-refractivity contribution < 1.29 is 0 Å². The minimum absolute atomic E-state index is 0.326. The minimum atomic E-state index is -0.463. The molecule has 0 heterocycles. The highest BCUT2D eigenvalue weighted by Crippen LogP contribution is 2.08. The third-order valence-electron chi connectivity index (χ3n) is 2.80. The van der Waals surface area contributed by atoms with Crippen LogP contribution in [0.25, 0.3) is 0 Å². The van der Waals surface area contributed by atoms with Gasteiger partial charge in [0.15, 0.2) is 0 Å². The van der Waals surface area contributed by atoms with Crippen molar-refractivity contribution in [2.45, 2.75) is 45.7 Å². The highest BCUT2D eigenvalue weighted by molar-refractivity contribution is 5.06. The molecule has 1 unspecified atom stereocenters.